The van der Waals surface area contributed by atoms with Crippen LogP contribution >= 0.6 is 22.7 Å². The molecule has 3 N–H and O–H groups in total. The summed E-state index contributed by atoms with van der Waals surface area (Å²) in [5, 5.41) is 2.88. The normalized spacial score (nSPS) is 12.8. The number of hydrogen-bond acceptors (Lipinski definition) is 6. The van der Waals surface area contributed by atoms with Gasteiger partial charge in [-0.2, -0.15) is 0 Å². The van der Waals surface area contributed by atoms with Gasteiger partial charge in [-0.3, -0.25) is 0 Å². The quantitative estimate of drug-likeness (QED) is 0.879. The average molecular weight is 331 g/mol. The predicted molar refractivity (Wildman–Crippen MR) is 83.6 cm³/mol. The van der Waals surface area contributed by atoms with E-state index in [1.807, 2.05) is 12.3 Å². The van der Waals surface area contributed by atoms with Gasteiger partial charge in [-0.15, -0.1) is 22.7 Å². The van der Waals surface area contributed by atoms with Gasteiger partial charge in [0.2, 0.25) is 0 Å². The maximum atomic E-state index is 12.3. The lowest BCUT2D eigenvalue weighted by Gasteiger charge is -2.23. The van der Waals surface area contributed by atoms with Gasteiger partial charge in [0.05, 0.1) is 15.6 Å². The molecule has 110 valence electrons. The highest BCUT2D eigenvalue weighted by molar-refractivity contribution is 7.91. The number of aromatic nitrogens is 1. The van der Waals surface area contributed by atoms with Crippen molar-refractivity contribution in [2.75, 3.05) is 6.54 Å². The van der Waals surface area contributed by atoms with Crippen molar-refractivity contribution in [3.63, 3.8) is 0 Å². The van der Waals surface area contributed by atoms with E-state index in [4.69, 9.17) is 5.73 Å². The Balaban J connectivity index is 2.28. The lowest BCUT2D eigenvalue weighted by Crippen LogP contribution is -2.48. The van der Waals surface area contributed by atoms with E-state index in [1.54, 1.807) is 37.3 Å². The predicted octanol–water partition coefficient (Wildman–Crippen LogP) is 2.20. The number of hydrogen-bond donors (Lipinski definition) is 2. The molecule has 0 aliphatic heterocycles. The van der Waals surface area contributed by atoms with Crippen molar-refractivity contribution in [3.05, 3.63) is 22.5 Å². The van der Waals surface area contributed by atoms with Gasteiger partial charge >= 0.3 is 0 Å². The summed E-state index contributed by atoms with van der Waals surface area (Å²) >= 11 is 2.75. The molecule has 0 aromatic carbocycles. The summed E-state index contributed by atoms with van der Waals surface area (Å²) in [6.07, 6.45) is 0. The van der Waals surface area contributed by atoms with Crippen LogP contribution in [0.4, 0.5) is 0 Å². The van der Waals surface area contributed by atoms with E-state index >= 15 is 0 Å². The molecule has 0 bridgehead atoms. The molecule has 5 nitrogen and oxygen atoms in total. The molecular formula is C12H17N3O2S3. The van der Waals surface area contributed by atoms with Crippen LogP contribution in [0.1, 0.15) is 18.9 Å². The Morgan fingerprint density at radius 2 is 2.10 bits per heavy atom. The second-order valence-corrected chi connectivity index (χ2v) is 9.12. The van der Waals surface area contributed by atoms with Crippen LogP contribution in [0.15, 0.2) is 21.7 Å². The molecular weight excluding hydrogens is 314 g/mol. The van der Waals surface area contributed by atoms with Crippen molar-refractivity contribution in [1.82, 2.24) is 9.71 Å². The van der Waals surface area contributed by atoms with Crippen LogP contribution in [0, 0.1) is 6.92 Å². The summed E-state index contributed by atoms with van der Waals surface area (Å²) in [6.45, 7) is 5.66. The SMILES string of the molecule is Cc1nc(-c2ccc(S(=O)(=O)NC(C)(C)CN)s2)cs1. The van der Waals surface area contributed by atoms with E-state index in [1.165, 1.54) is 11.3 Å². The monoisotopic (exact) mass is 331 g/mol. The van der Waals surface area contributed by atoms with Gasteiger partial charge in [-0.1, -0.05) is 0 Å². The highest BCUT2D eigenvalue weighted by Crippen LogP contribution is 2.31. The van der Waals surface area contributed by atoms with E-state index in [0.29, 0.717) is 0 Å². The zero-order chi connectivity index (χ0) is 15.0. The second kappa shape index (κ2) is 5.53. The van der Waals surface area contributed by atoms with Crippen LogP contribution in [0.25, 0.3) is 10.6 Å². The minimum Gasteiger partial charge on any atom is -0.329 e. The number of rotatable bonds is 5. The smallest absolute Gasteiger partial charge is 0.250 e. The van der Waals surface area contributed by atoms with Gasteiger partial charge in [-0.25, -0.2) is 18.1 Å². The Morgan fingerprint density at radius 3 is 2.65 bits per heavy atom. The molecule has 2 heterocycles. The van der Waals surface area contributed by atoms with Crippen molar-refractivity contribution in [2.24, 2.45) is 5.73 Å². The first-order valence-electron chi connectivity index (χ1n) is 6.00. The van der Waals surface area contributed by atoms with Gasteiger partial charge in [-0.05, 0) is 32.9 Å². The van der Waals surface area contributed by atoms with Gasteiger partial charge in [0.25, 0.3) is 10.0 Å². The molecule has 0 unspecified atom stereocenters. The standard InChI is InChI=1S/C12H17N3O2S3/c1-8-14-9(6-18-8)10-4-5-11(19-10)20(16,17)15-12(2,3)7-13/h4-6,15H,7,13H2,1-3H3. The van der Waals surface area contributed by atoms with Crippen molar-refractivity contribution < 1.29 is 8.42 Å². The molecule has 2 aromatic heterocycles. The van der Waals surface area contributed by atoms with Crippen molar-refractivity contribution in [1.29, 1.82) is 0 Å². The minimum absolute atomic E-state index is 0.232. The largest absolute Gasteiger partial charge is 0.329 e. The molecule has 0 aliphatic rings. The zero-order valence-electron chi connectivity index (χ0n) is 11.5. The molecule has 0 fully saturated rings. The number of sulfonamides is 1. The highest BCUT2D eigenvalue weighted by atomic mass is 32.2. The average Bonchev–Trinajstić information content (AvgIpc) is 2.96. The Hall–Kier alpha value is -0.800. The highest BCUT2D eigenvalue weighted by Gasteiger charge is 2.26. The Bertz CT molecular complexity index is 701. The number of aryl methyl sites for hydroxylation is 1. The molecule has 0 saturated heterocycles. The fourth-order valence-corrected chi connectivity index (χ4v) is 4.91. The fourth-order valence-electron chi connectivity index (χ4n) is 1.53. The summed E-state index contributed by atoms with van der Waals surface area (Å²) in [4.78, 5) is 5.21. The topological polar surface area (TPSA) is 85.1 Å². The molecule has 0 spiro atoms. The maximum absolute atomic E-state index is 12.3. The molecule has 0 radical (unpaired) electrons. The van der Waals surface area contributed by atoms with E-state index in [2.05, 4.69) is 9.71 Å². The van der Waals surface area contributed by atoms with Gasteiger partial charge < -0.3 is 5.73 Å². The molecule has 0 atom stereocenters. The number of thiazole rings is 1. The second-order valence-electron chi connectivity index (χ2n) is 5.06. The summed E-state index contributed by atoms with van der Waals surface area (Å²) in [7, 11) is -3.55. The van der Waals surface area contributed by atoms with Crippen molar-refractivity contribution >= 4 is 32.7 Å². The molecule has 2 rings (SSSR count). The third-order valence-electron chi connectivity index (χ3n) is 2.64. The fraction of sp³-hybridized carbons (Fsp3) is 0.417. The lowest BCUT2D eigenvalue weighted by molar-refractivity contribution is 0.463. The summed E-state index contributed by atoms with van der Waals surface area (Å²) in [5.41, 5.74) is 5.71. The van der Waals surface area contributed by atoms with E-state index in [-0.39, 0.29) is 10.8 Å². The molecule has 0 amide bonds. The third-order valence-corrected chi connectivity index (χ3v) is 6.71. The third kappa shape index (κ3) is 3.44. The molecule has 0 aliphatic carbocycles. The van der Waals surface area contributed by atoms with E-state index in [9.17, 15) is 8.42 Å². The van der Waals surface area contributed by atoms with Gasteiger partial charge in [0.1, 0.15) is 4.21 Å². The van der Waals surface area contributed by atoms with Crippen LogP contribution < -0.4 is 10.5 Å². The van der Waals surface area contributed by atoms with Crippen LogP contribution in [0.2, 0.25) is 0 Å². The van der Waals surface area contributed by atoms with Crippen molar-refractivity contribution in [2.45, 2.75) is 30.5 Å². The number of nitrogens with one attached hydrogen (secondary N) is 1. The Labute approximate surface area is 126 Å². The molecule has 8 heteroatoms. The maximum Gasteiger partial charge on any atom is 0.250 e. The molecule has 2 aromatic rings. The first kappa shape index (κ1) is 15.6. The van der Waals surface area contributed by atoms with Gasteiger partial charge in [0, 0.05) is 17.5 Å². The molecule has 20 heavy (non-hydrogen) atoms. The number of nitrogens with two attached hydrogens (primary N) is 1. The van der Waals surface area contributed by atoms with Crippen LogP contribution in [0.5, 0.6) is 0 Å². The van der Waals surface area contributed by atoms with E-state index < -0.39 is 15.6 Å². The molecule has 0 saturated carbocycles. The van der Waals surface area contributed by atoms with Crippen LogP contribution in [0.3, 0.4) is 0 Å². The van der Waals surface area contributed by atoms with Crippen LogP contribution in [-0.4, -0.2) is 25.5 Å². The Morgan fingerprint density at radius 1 is 1.40 bits per heavy atom. The first-order chi connectivity index (χ1) is 9.23. The van der Waals surface area contributed by atoms with Crippen molar-refractivity contribution in [3.8, 4) is 10.6 Å². The number of thiophene rings is 1. The van der Waals surface area contributed by atoms with E-state index in [0.717, 1.165) is 15.6 Å². The first-order valence-corrected chi connectivity index (χ1v) is 9.18. The minimum atomic E-state index is -3.55. The lowest BCUT2D eigenvalue weighted by atomic mass is 10.1. The van der Waals surface area contributed by atoms with Crippen LogP contribution in [-0.2, 0) is 10.0 Å². The summed E-state index contributed by atoms with van der Waals surface area (Å²) in [6, 6.07) is 3.38. The summed E-state index contributed by atoms with van der Waals surface area (Å²) < 4.78 is 27.5. The summed E-state index contributed by atoms with van der Waals surface area (Å²) in [5.74, 6) is 0. The number of nitrogens with zero attached hydrogens (tertiary/aromatic N) is 1. The Kier molecular flexibility index (Phi) is 4.31. The van der Waals surface area contributed by atoms with Gasteiger partial charge in [0.15, 0.2) is 0 Å². The zero-order valence-corrected chi connectivity index (χ0v) is 14.0.